The van der Waals surface area contributed by atoms with Crippen LogP contribution in [-0.2, 0) is 21.1 Å². The summed E-state index contributed by atoms with van der Waals surface area (Å²) in [6, 6.07) is 13.6. The number of benzene rings is 2. The molecule has 1 atom stereocenters. The normalized spacial score (nSPS) is 16.9. The first-order valence-corrected chi connectivity index (χ1v) is 11.5. The number of methoxy groups -OCH3 is 1. The first-order valence-electron chi connectivity index (χ1n) is 10.0. The maximum Gasteiger partial charge on any atom is 0.212 e. The molecule has 0 spiro atoms. The molecule has 2 aromatic carbocycles. The van der Waals surface area contributed by atoms with E-state index in [0.717, 1.165) is 12.8 Å². The van der Waals surface area contributed by atoms with Crippen molar-refractivity contribution in [2.24, 2.45) is 0 Å². The summed E-state index contributed by atoms with van der Waals surface area (Å²) in [5.74, 6) is 0.690. The Morgan fingerprint density at radius 3 is 2.48 bits per heavy atom. The molecule has 2 N–H and O–H groups in total. The fourth-order valence-electron chi connectivity index (χ4n) is 4.00. The van der Waals surface area contributed by atoms with Crippen molar-refractivity contribution in [1.82, 2.24) is 14.5 Å². The lowest BCUT2D eigenvalue weighted by Crippen LogP contribution is -2.17. The first-order chi connectivity index (χ1) is 15.0. The van der Waals surface area contributed by atoms with Crippen LogP contribution in [0.15, 0.2) is 58.3 Å². The highest BCUT2D eigenvalue weighted by molar-refractivity contribution is 7.92. The SMILES string of the molecule is COc1ccc(S(=O)(=O)c2c(N)n(C[C@@H]3CCCO3)c3nc4ccccc4nc23)cc1. The molecule has 5 rings (SSSR count). The summed E-state index contributed by atoms with van der Waals surface area (Å²) in [5, 5.41) is 0. The Labute approximate surface area is 179 Å². The van der Waals surface area contributed by atoms with Crippen molar-refractivity contribution in [2.45, 2.75) is 35.3 Å². The van der Waals surface area contributed by atoms with Crippen LogP contribution in [0.25, 0.3) is 22.2 Å². The van der Waals surface area contributed by atoms with Crippen molar-refractivity contribution in [1.29, 1.82) is 0 Å². The molecule has 8 nitrogen and oxygen atoms in total. The lowest BCUT2D eigenvalue weighted by atomic mass is 10.2. The number of rotatable bonds is 5. The minimum absolute atomic E-state index is 0.0242. The summed E-state index contributed by atoms with van der Waals surface area (Å²) in [4.78, 5) is 9.46. The van der Waals surface area contributed by atoms with Crippen molar-refractivity contribution in [3.63, 3.8) is 0 Å². The van der Waals surface area contributed by atoms with Gasteiger partial charge in [-0.15, -0.1) is 0 Å². The van der Waals surface area contributed by atoms with Gasteiger partial charge in [-0.2, -0.15) is 0 Å². The van der Waals surface area contributed by atoms with Crippen molar-refractivity contribution >= 4 is 37.9 Å². The number of nitrogens with zero attached hydrogens (tertiary/aromatic N) is 3. The second kappa shape index (κ2) is 7.51. The Morgan fingerprint density at radius 2 is 1.84 bits per heavy atom. The quantitative estimate of drug-likeness (QED) is 0.510. The Bertz CT molecular complexity index is 1370. The smallest absolute Gasteiger partial charge is 0.212 e. The van der Waals surface area contributed by atoms with Crippen LogP contribution in [0.2, 0.25) is 0 Å². The standard InChI is InChI=1S/C22H22N4O4S/c1-29-14-8-10-16(11-9-14)31(27,28)20-19-22(25-18-7-3-2-6-17(18)24-19)26(21(20)23)13-15-5-4-12-30-15/h2-3,6-11,15H,4-5,12-13,23H2,1H3/t15-/m0/s1. The van der Waals surface area contributed by atoms with Gasteiger partial charge in [-0.25, -0.2) is 18.4 Å². The molecule has 0 bridgehead atoms. The molecule has 1 aliphatic heterocycles. The van der Waals surface area contributed by atoms with Gasteiger partial charge < -0.3 is 19.8 Å². The second-order valence-electron chi connectivity index (χ2n) is 7.52. The van der Waals surface area contributed by atoms with E-state index >= 15 is 0 Å². The van der Waals surface area contributed by atoms with E-state index in [2.05, 4.69) is 4.98 Å². The zero-order chi connectivity index (χ0) is 21.6. The van der Waals surface area contributed by atoms with E-state index in [9.17, 15) is 8.42 Å². The van der Waals surface area contributed by atoms with Crippen molar-refractivity contribution in [2.75, 3.05) is 19.5 Å². The van der Waals surface area contributed by atoms with Crippen molar-refractivity contribution in [3.05, 3.63) is 48.5 Å². The topological polar surface area (TPSA) is 109 Å². The van der Waals surface area contributed by atoms with E-state index in [1.54, 1.807) is 22.8 Å². The number of para-hydroxylation sites is 2. The summed E-state index contributed by atoms with van der Waals surface area (Å²) in [7, 11) is -2.42. The van der Waals surface area contributed by atoms with Crippen LogP contribution >= 0.6 is 0 Å². The molecule has 2 aromatic heterocycles. The Morgan fingerprint density at radius 1 is 1.13 bits per heavy atom. The van der Waals surface area contributed by atoms with Crippen LogP contribution in [0.5, 0.6) is 5.75 Å². The zero-order valence-corrected chi connectivity index (χ0v) is 17.8. The van der Waals surface area contributed by atoms with Crippen LogP contribution in [0.3, 0.4) is 0 Å². The zero-order valence-electron chi connectivity index (χ0n) is 17.0. The molecule has 9 heteroatoms. The number of aromatic nitrogens is 3. The van der Waals surface area contributed by atoms with E-state index in [-0.39, 0.29) is 27.2 Å². The van der Waals surface area contributed by atoms with Gasteiger partial charge in [0.05, 0.1) is 35.7 Å². The largest absolute Gasteiger partial charge is 0.497 e. The number of anilines is 1. The fourth-order valence-corrected chi connectivity index (χ4v) is 5.51. The summed E-state index contributed by atoms with van der Waals surface area (Å²) in [6.45, 7) is 1.11. The molecule has 0 amide bonds. The molecule has 3 heterocycles. The molecular weight excluding hydrogens is 416 g/mol. The molecule has 160 valence electrons. The third-order valence-corrected chi connectivity index (χ3v) is 7.43. The van der Waals surface area contributed by atoms with E-state index in [1.807, 2.05) is 18.2 Å². The number of hydrogen-bond acceptors (Lipinski definition) is 7. The van der Waals surface area contributed by atoms with Gasteiger partial charge in [0.15, 0.2) is 5.65 Å². The number of sulfone groups is 1. The number of nitrogen functional groups attached to an aromatic ring is 1. The highest BCUT2D eigenvalue weighted by Gasteiger charge is 2.31. The van der Waals surface area contributed by atoms with Gasteiger partial charge >= 0.3 is 0 Å². The number of fused-ring (bicyclic) bond motifs is 2. The van der Waals surface area contributed by atoms with Gasteiger partial charge in [0.2, 0.25) is 9.84 Å². The van der Waals surface area contributed by atoms with Crippen molar-refractivity contribution in [3.8, 4) is 5.75 Å². The molecule has 0 aliphatic carbocycles. The average molecular weight is 439 g/mol. The highest BCUT2D eigenvalue weighted by atomic mass is 32.2. The summed E-state index contributed by atoms with van der Waals surface area (Å²) in [5.41, 5.74) is 8.45. The van der Waals surface area contributed by atoms with Gasteiger partial charge in [0, 0.05) is 6.61 Å². The Balaban J connectivity index is 1.76. The summed E-state index contributed by atoms with van der Waals surface area (Å²) < 4.78 is 39.9. The lowest BCUT2D eigenvalue weighted by Gasteiger charge is -2.13. The maximum absolute atomic E-state index is 13.6. The van der Waals surface area contributed by atoms with Gasteiger partial charge in [-0.1, -0.05) is 12.1 Å². The lowest BCUT2D eigenvalue weighted by molar-refractivity contribution is 0.0983. The van der Waals surface area contributed by atoms with Crippen LogP contribution in [0.1, 0.15) is 12.8 Å². The molecule has 0 saturated carbocycles. The molecule has 1 fully saturated rings. The molecule has 4 aromatic rings. The first kappa shape index (κ1) is 19.8. The van der Waals surface area contributed by atoms with Gasteiger partial charge in [0.1, 0.15) is 22.0 Å². The van der Waals surface area contributed by atoms with E-state index in [0.29, 0.717) is 35.6 Å². The third kappa shape index (κ3) is 3.30. The van der Waals surface area contributed by atoms with Gasteiger partial charge in [-0.3, -0.25) is 0 Å². The number of hydrogen-bond donors (Lipinski definition) is 1. The van der Waals surface area contributed by atoms with Crippen LogP contribution in [-0.4, -0.2) is 42.8 Å². The molecule has 1 saturated heterocycles. The van der Waals surface area contributed by atoms with Crippen LogP contribution in [0, 0.1) is 0 Å². The van der Waals surface area contributed by atoms with Crippen molar-refractivity contribution < 1.29 is 17.9 Å². The minimum Gasteiger partial charge on any atom is -0.497 e. The highest BCUT2D eigenvalue weighted by Crippen LogP contribution is 2.36. The Hall–Kier alpha value is -3.17. The average Bonchev–Trinajstić information content (AvgIpc) is 3.39. The fraction of sp³-hybridized carbons (Fsp3) is 0.273. The molecule has 0 radical (unpaired) electrons. The monoisotopic (exact) mass is 438 g/mol. The molecule has 31 heavy (non-hydrogen) atoms. The van der Waals surface area contributed by atoms with E-state index < -0.39 is 9.84 Å². The molecule has 1 aliphatic rings. The van der Waals surface area contributed by atoms with E-state index in [4.69, 9.17) is 20.2 Å². The predicted octanol–water partition coefficient (Wildman–Crippen LogP) is 3.19. The number of nitrogens with two attached hydrogens (primary N) is 1. The third-order valence-electron chi connectivity index (χ3n) is 5.59. The number of ether oxygens (including phenoxy) is 2. The van der Waals surface area contributed by atoms with Gasteiger partial charge in [-0.05, 0) is 49.2 Å². The van der Waals surface area contributed by atoms with Crippen LogP contribution < -0.4 is 10.5 Å². The van der Waals surface area contributed by atoms with Gasteiger partial charge in [0.25, 0.3) is 0 Å². The minimum atomic E-state index is -3.95. The second-order valence-corrected chi connectivity index (χ2v) is 9.41. The van der Waals surface area contributed by atoms with E-state index in [1.165, 1.54) is 19.2 Å². The molecular formula is C22H22N4O4S. The maximum atomic E-state index is 13.6. The molecule has 0 unspecified atom stereocenters. The van der Waals surface area contributed by atoms with Crippen LogP contribution in [0.4, 0.5) is 5.82 Å². The summed E-state index contributed by atoms with van der Waals surface area (Å²) in [6.07, 6.45) is 1.82. The predicted molar refractivity (Wildman–Crippen MR) is 117 cm³/mol. The Kier molecular flexibility index (Phi) is 4.79. The summed E-state index contributed by atoms with van der Waals surface area (Å²) >= 11 is 0.